The lowest BCUT2D eigenvalue weighted by Crippen LogP contribution is -2.30. The molecule has 0 aliphatic carbocycles. The fourth-order valence-corrected chi connectivity index (χ4v) is 3.99. The lowest BCUT2D eigenvalue weighted by atomic mass is 10.1. The molecule has 0 unspecified atom stereocenters. The van der Waals surface area contributed by atoms with Crippen LogP contribution in [0.2, 0.25) is 5.02 Å². The number of hydrogen-bond acceptors (Lipinski definition) is 6. The van der Waals surface area contributed by atoms with Gasteiger partial charge in [-0.1, -0.05) is 16.8 Å². The topological polar surface area (TPSA) is 87.5 Å². The number of nitrogens with zero attached hydrogens (tertiary/aromatic N) is 2. The summed E-state index contributed by atoms with van der Waals surface area (Å²) in [6, 6.07) is 7.21. The number of halogens is 1. The Morgan fingerprint density at radius 3 is 2.69 bits per heavy atom. The van der Waals surface area contributed by atoms with Crippen molar-refractivity contribution in [1.82, 2.24) is 5.16 Å². The minimum atomic E-state index is -0.418. The van der Waals surface area contributed by atoms with E-state index < -0.39 is 5.25 Å². The standard InChI is InChI=1S/C20H25ClN4O3S/c1-13-10-18(24-28-13)23-20(27)14(2)29-12-19(26)22-16-11-15(21)6-7-17(16)25-8-4-3-5-9-25/h6-7,10-11,14H,3-5,8-9,12H2,1-2H3,(H,22,26)(H,23,24,27)/t14-/m0/s1. The van der Waals surface area contributed by atoms with Crippen LogP contribution in [0, 0.1) is 6.92 Å². The Labute approximate surface area is 179 Å². The highest BCUT2D eigenvalue weighted by atomic mass is 35.5. The molecule has 0 radical (unpaired) electrons. The normalized spacial score (nSPS) is 15.1. The number of anilines is 3. The van der Waals surface area contributed by atoms with Gasteiger partial charge in [-0.15, -0.1) is 11.8 Å². The molecule has 9 heteroatoms. The minimum absolute atomic E-state index is 0.151. The molecule has 1 aliphatic rings. The number of rotatable bonds is 7. The van der Waals surface area contributed by atoms with Crippen molar-refractivity contribution in [2.75, 3.05) is 34.4 Å². The van der Waals surface area contributed by atoms with Gasteiger partial charge in [0, 0.05) is 24.2 Å². The summed E-state index contributed by atoms with van der Waals surface area (Å²) >= 11 is 7.40. The molecule has 2 N–H and O–H groups in total. The summed E-state index contributed by atoms with van der Waals surface area (Å²) in [6.45, 7) is 5.44. The van der Waals surface area contributed by atoms with E-state index in [1.54, 1.807) is 26.0 Å². The molecule has 1 fully saturated rings. The van der Waals surface area contributed by atoms with Crippen LogP contribution >= 0.6 is 23.4 Å². The van der Waals surface area contributed by atoms with Gasteiger partial charge in [-0.05, 0) is 51.3 Å². The summed E-state index contributed by atoms with van der Waals surface area (Å²) < 4.78 is 4.93. The first-order chi connectivity index (χ1) is 13.9. The molecule has 1 aromatic heterocycles. The van der Waals surface area contributed by atoms with E-state index in [1.807, 2.05) is 12.1 Å². The van der Waals surface area contributed by atoms with Crippen molar-refractivity contribution in [3.05, 3.63) is 35.0 Å². The number of aromatic nitrogens is 1. The Kier molecular flexibility index (Phi) is 7.44. The van der Waals surface area contributed by atoms with Gasteiger partial charge in [0.1, 0.15) is 5.76 Å². The maximum absolute atomic E-state index is 12.5. The average molecular weight is 437 g/mol. The highest BCUT2D eigenvalue weighted by Crippen LogP contribution is 2.31. The van der Waals surface area contributed by atoms with Crippen molar-refractivity contribution < 1.29 is 14.1 Å². The van der Waals surface area contributed by atoms with Crippen LogP contribution in [-0.2, 0) is 9.59 Å². The predicted octanol–water partition coefficient (Wildman–Crippen LogP) is 4.33. The number of aryl methyl sites for hydroxylation is 1. The van der Waals surface area contributed by atoms with Gasteiger partial charge in [-0.2, -0.15) is 0 Å². The lowest BCUT2D eigenvalue weighted by Gasteiger charge is -2.30. The summed E-state index contributed by atoms with van der Waals surface area (Å²) in [7, 11) is 0. The number of carbonyl (C=O) groups excluding carboxylic acids is 2. The molecule has 1 atom stereocenters. The average Bonchev–Trinajstić information content (AvgIpc) is 3.11. The number of benzene rings is 1. The largest absolute Gasteiger partial charge is 0.370 e. The summed E-state index contributed by atoms with van der Waals surface area (Å²) in [5.41, 5.74) is 1.69. The van der Waals surface area contributed by atoms with Gasteiger partial charge in [0.25, 0.3) is 0 Å². The van der Waals surface area contributed by atoms with Crippen LogP contribution in [0.3, 0.4) is 0 Å². The molecule has 1 aromatic carbocycles. The molecule has 1 saturated heterocycles. The molecule has 0 saturated carbocycles. The Bertz CT molecular complexity index is 867. The third-order valence-electron chi connectivity index (χ3n) is 4.64. The van der Waals surface area contributed by atoms with E-state index >= 15 is 0 Å². The Morgan fingerprint density at radius 1 is 1.24 bits per heavy atom. The van der Waals surface area contributed by atoms with Gasteiger partial charge in [-0.3, -0.25) is 9.59 Å². The zero-order valence-corrected chi connectivity index (χ0v) is 18.1. The van der Waals surface area contributed by atoms with Crippen LogP contribution in [0.25, 0.3) is 0 Å². The zero-order chi connectivity index (χ0) is 20.8. The van der Waals surface area contributed by atoms with Gasteiger partial charge >= 0.3 is 0 Å². The molecule has 0 bridgehead atoms. The summed E-state index contributed by atoms with van der Waals surface area (Å²) in [4.78, 5) is 27.0. The first-order valence-corrected chi connectivity index (χ1v) is 11.0. The maximum atomic E-state index is 12.5. The second kappa shape index (κ2) is 10.0. The number of piperidine rings is 1. The van der Waals surface area contributed by atoms with Gasteiger partial charge in [0.2, 0.25) is 11.8 Å². The van der Waals surface area contributed by atoms with Crippen molar-refractivity contribution in [3.63, 3.8) is 0 Å². The first kappa shape index (κ1) is 21.5. The fourth-order valence-electron chi connectivity index (χ4n) is 3.13. The van der Waals surface area contributed by atoms with Crippen molar-refractivity contribution >= 4 is 52.4 Å². The quantitative estimate of drug-likeness (QED) is 0.671. The number of amides is 2. The minimum Gasteiger partial charge on any atom is -0.370 e. The van der Waals surface area contributed by atoms with E-state index in [4.69, 9.17) is 16.1 Å². The molecule has 29 heavy (non-hydrogen) atoms. The number of hydrogen-bond donors (Lipinski definition) is 2. The van der Waals surface area contributed by atoms with E-state index in [-0.39, 0.29) is 17.6 Å². The molecule has 156 valence electrons. The van der Waals surface area contributed by atoms with Crippen LogP contribution < -0.4 is 15.5 Å². The van der Waals surface area contributed by atoms with Crippen LogP contribution in [0.1, 0.15) is 31.9 Å². The highest BCUT2D eigenvalue weighted by molar-refractivity contribution is 8.01. The van der Waals surface area contributed by atoms with Crippen molar-refractivity contribution in [2.45, 2.75) is 38.4 Å². The zero-order valence-electron chi connectivity index (χ0n) is 16.5. The van der Waals surface area contributed by atoms with E-state index in [1.165, 1.54) is 18.2 Å². The maximum Gasteiger partial charge on any atom is 0.238 e. The Hall–Kier alpha value is -2.19. The molecule has 1 aliphatic heterocycles. The molecular formula is C20H25ClN4O3S. The van der Waals surface area contributed by atoms with Crippen LogP contribution in [0.4, 0.5) is 17.2 Å². The summed E-state index contributed by atoms with van der Waals surface area (Å²) in [6.07, 6.45) is 3.52. The second-order valence-corrected chi connectivity index (χ2v) is 8.79. The van der Waals surface area contributed by atoms with Gasteiger partial charge < -0.3 is 20.1 Å². The van der Waals surface area contributed by atoms with Gasteiger partial charge in [0.15, 0.2) is 5.82 Å². The molecule has 7 nitrogen and oxygen atoms in total. The number of carbonyl (C=O) groups is 2. The molecular weight excluding hydrogens is 412 g/mol. The number of thioether (sulfide) groups is 1. The Morgan fingerprint density at radius 2 is 2.00 bits per heavy atom. The molecule has 3 rings (SSSR count). The number of nitrogens with one attached hydrogen (secondary N) is 2. The molecule has 2 amide bonds. The van der Waals surface area contributed by atoms with Gasteiger partial charge in [-0.25, -0.2) is 0 Å². The third-order valence-corrected chi connectivity index (χ3v) is 6.02. The smallest absolute Gasteiger partial charge is 0.238 e. The molecule has 0 spiro atoms. The van der Waals surface area contributed by atoms with Crippen LogP contribution in [-0.4, -0.2) is 41.1 Å². The SMILES string of the molecule is Cc1cc(NC(=O)[C@H](C)SCC(=O)Nc2cc(Cl)ccc2N2CCCCC2)no1. The third kappa shape index (κ3) is 6.14. The summed E-state index contributed by atoms with van der Waals surface area (Å²) in [5.74, 6) is 0.735. The van der Waals surface area contributed by atoms with E-state index in [0.29, 0.717) is 22.3 Å². The molecule has 2 heterocycles. The van der Waals surface area contributed by atoms with Gasteiger partial charge in [0.05, 0.1) is 22.4 Å². The van der Waals surface area contributed by atoms with E-state index in [2.05, 4.69) is 20.7 Å². The summed E-state index contributed by atoms with van der Waals surface area (Å²) in [5, 5.41) is 9.52. The van der Waals surface area contributed by atoms with E-state index in [0.717, 1.165) is 31.6 Å². The lowest BCUT2D eigenvalue weighted by molar-refractivity contribution is -0.115. The van der Waals surface area contributed by atoms with Crippen molar-refractivity contribution in [2.24, 2.45) is 0 Å². The fraction of sp³-hybridized carbons (Fsp3) is 0.450. The molecule has 2 aromatic rings. The first-order valence-electron chi connectivity index (χ1n) is 9.62. The highest BCUT2D eigenvalue weighted by Gasteiger charge is 2.19. The second-order valence-electron chi connectivity index (χ2n) is 7.02. The van der Waals surface area contributed by atoms with E-state index in [9.17, 15) is 9.59 Å². The van der Waals surface area contributed by atoms with Crippen LogP contribution in [0.5, 0.6) is 0 Å². The van der Waals surface area contributed by atoms with Crippen molar-refractivity contribution in [3.8, 4) is 0 Å². The predicted molar refractivity (Wildman–Crippen MR) is 118 cm³/mol. The monoisotopic (exact) mass is 436 g/mol. The van der Waals surface area contributed by atoms with Crippen molar-refractivity contribution in [1.29, 1.82) is 0 Å². The van der Waals surface area contributed by atoms with Crippen LogP contribution in [0.15, 0.2) is 28.8 Å². The Balaban J connectivity index is 1.55.